The first-order chi connectivity index (χ1) is 6.59. The number of aryl methyl sites for hydroxylation is 1. The van der Waals surface area contributed by atoms with Crippen LogP contribution in [0.2, 0.25) is 0 Å². The summed E-state index contributed by atoms with van der Waals surface area (Å²) in [6.45, 7) is 3.01. The van der Waals surface area contributed by atoms with Crippen LogP contribution >= 0.6 is 11.3 Å². The molecule has 0 bridgehead atoms. The molecule has 1 aromatic rings. The van der Waals surface area contributed by atoms with Gasteiger partial charge in [0.25, 0.3) is 0 Å². The van der Waals surface area contributed by atoms with Gasteiger partial charge in [0.15, 0.2) is 5.78 Å². The minimum Gasteiger partial charge on any atom is -0.309 e. The lowest BCUT2D eigenvalue weighted by Gasteiger charge is -2.07. The number of carbonyl (C=O) groups excluding carboxylic acids is 1. The lowest BCUT2D eigenvalue weighted by molar-refractivity contribution is 0.0981. The normalized spacial score (nSPS) is 10.9. The van der Waals surface area contributed by atoms with Crippen LogP contribution in [0.4, 0.5) is 0 Å². The highest BCUT2D eigenvalue weighted by Gasteiger charge is 2.07. The molecule has 14 heavy (non-hydrogen) atoms. The van der Waals surface area contributed by atoms with Gasteiger partial charge in [-0.05, 0) is 46.1 Å². The van der Waals surface area contributed by atoms with Crippen LogP contribution in [-0.4, -0.2) is 31.3 Å². The van der Waals surface area contributed by atoms with E-state index in [-0.39, 0.29) is 5.78 Å². The Balaban J connectivity index is 2.36. The van der Waals surface area contributed by atoms with Gasteiger partial charge in [0.05, 0.1) is 4.88 Å². The molecule has 0 spiro atoms. The number of rotatable bonds is 5. The van der Waals surface area contributed by atoms with Gasteiger partial charge in [-0.15, -0.1) is 11.3 Å². The minimum absolute atomic E-state index is 0.282. The fraction of sp³-hybridized carbons (Fsp3) is 0.545. The predicted octanol–water partition coefficient (Wildman–Crippen LogP) is 2.58. The third kappa shape index (κ3) is 3.60. The third-order valence-corrected chi connectivity index (χ3v) is 3.07. The Labute approximate surface area is 89.5 Å². The Morgan fingerprint density at radius 1 is 1.43 bits per heavy atom. The number of hydrogen-bond acceptors (Lipinski definition) is 3. The van der Waals surface area contributed by atoms with E-state index in [4.69, 9.17) is 0 Å². The summed E-state index contributed by atoms with van der Waals surface area (Å²) in [4.78, 5) is 15.8. The summed E-state index contributed by atoms with van der Waals surface area (Å²) in [7, 11) is 4.06. The molecule has 0 amide bonds. The monoisotopic (exact) mass is 211 g/mol. The van der Waals surface area contributed by atoms with Crippen molar-refractivity contribution in [3.8, 4) is 0 Å². The van der Waals surface area contributed by atoms with E-state index in [9.17, 15) is 4.79 Å². The molecule has 0 saturated carbocycles. The van der Waals surface area contributed by atoms with Crippen molar-refractivity contribution in [3.63, 3.8) is 0 Å². The highest BCUT2D eigenvalue weighted by Crippen LogP contribution is 2.17. The second kappa shape index (κ2) is 5.27. The Morgan fingerprint density at radius 3 is 2.64 bits per heavy atom. The van der Waals surface area contributed by atoms with E-state index in [2.05, 4.69) is 4.90 Å². The molecule has 1 rings (SSSR count). The molecule has 0 fully saturated rings. The van der Waals surface area contributed by atoms with Crippen molar-refractivity contribution >= 4 is 17.1 Å². The summed E-state index contributed by atoms with van der Waals surface area (Å²) in [5.41, 5.74) is 0. The fourth-order valence-corrected chi connectivity index (χ4v) is 2.10. The standard InChI is InChI=1S/C11H17NOS/c1-9-6-7-11(14-9)10(13)5-4-8-12(2)3/h6-7H,4-5,8H2,1-3H3. The zero-order valence-electron chi connectivity index (χ0n) is 9.04. The molecular weight excluding hydrogens is 194 g/mol. The third-order valence-electron chi connectivity index (χ3n) is 2.02. The SMILES string of the molecule is Cc1ccc(C(=O)CCCN(C)C)s1. The maximum atomic E-state index is 11.6. The summed E-state index contributed by atoms with van der Waals surface area (Å²) in [5, 5.41) is 0. The number of Topliss-reactive ketones (excluding diaryl/α,β-unsaturated/α-hetero) is 1. The molecule has 0 N–H and O–H groups in total. The zero-order valence-corrected chi connectivity index (χ0v) is 9.86. The largest absolute Gasteiger partial charge is 0.309 e. The first-order valence-corrected chi connectivity index (χ1v) is 5.65. The summed E-state index contributed by atoms with van der Waals surface area (Å²) in [6.07, 6.45) is 1.61. The molecule has 0 unspecified atom stereocenters. The van der Waals surface area contributed by atoms with Crippen LogP contribution in [0.15, 0.2) is 12.1 Å². The number of ketones is 1. The van der Waals surface area contributed by atoms with Crippen molar-refractivity contribution in [1.29, 1.82) is 0 Å². The van der Waals surface area contributed by atoms with Crippen LogP contribution in [0.1, 0.15) is 27.4 Å². The van der Waals surface area contributed by atoms with Crippen LogP contribution in [0.5, 0.6) is 0 Å². The molecule has 78 valence electrons. The number of hydrogen-bond donors (Lipinski definition) is 0. The van der Waals surface area contributed by atoms with Gasteiger partial charge in [0, 0.05) is 11.3 Å². The van der Waals surface area contributed by atoms with Crippen molar-refractivity contribution in [1.82, 2.24) is 4.90 Å². The fourth-order valence-electron chi connectivity index (χ4n) is 1.26. The molecule has 0 aromatic carbocycles. The second-order valence-electron chi connectivity index (χ2n) is 3.74. The van der Waals surface area contributed by atoms with Crippen molar-refractivity contribution in [2.45, 2.75) is 19.8 Å². The minimum atomic E-state index is 0.282. The van der Waals surface area contributed by atoms with Gasteiger partial charge in [-0.1, -0.05) is 0 Å². The summed E-state index contributed by atoms with van der Waals surface area (Å²) in [6, 6.07) is 3.93. The highest BCUT2D eigenvalue weighted by atomic mass is 32.1. The van der Waals surface area contributed by atoms with Crippen LogP contribution in [-0.2, 0) is 0 Å². The molecule has 0 aliphatic carbocycles. The Morgan fingerprint density at radius 2 is 2.14 bits per heavy atom. The Kier molecular flexibility index (Phi) is 4.29. The molecule has 3 heteroatoms. The molecule has 0 radical (unpaired) electrons. The number of thiophene rings is 1. The molecule has 0 aliphatic heterocycles. The van der Waals surface area contributed by atoms with Crippen molar-refractivity contribution in [2.24, 2.45) is 0 Å². The van der Waals surface area contributed by atoms with E-state index in [0.29, 0.717) is 6.42 Å². The second-order valence-corrected chi connectivity index (χ2v) is 5.03. The molecule has 0 aliphatic rings. The summed E-state index contributed by atoms with van der Waals surface area (Å²) < 4.78 is 0. The number of nitrogens with zero attached hydrogens (tertiary/aromatic N) is 1. The van der Waals surface area contributed by atoms with Crippen LogP contribution in [0, 0.1) is 6.92 Å². The maximum absolute atomic E-state index is 11.6. The summed E-state index contributed by atoms with van der Waals surface area (Å²) >= 11 is 1.59. The topological polar surface area (TPSA) is 20.3 Å². The molecule has 0 saturated heterocycles. The lowest BCUT2D eigenvalue weighted by atomic mass is 10.2. The van der Waals surface area contributed by atoms with Crippen LogP contribution < -0.4 is 0 Å². The first kappa shape index (κ1) is 11.4. The molecular formula is C11H17NOS. The van der Waals surface area contributed by atoms with Gasteiger partial charge in [-0.2, -0.15) is 0 Å². The molecule has 1 heterocycles. The average Bonchev–Trinajstić information content (AvgIpc) is 2.51. The Hall–Kier alpha value is -0.670. The smallest absolute Gasteiger partial charge is 0.172 e. The van der Waals surface area contributed by atoms with Crippen LogP contribution in [0.25, 0.3) is 0 Å². The van der Waals surface area contributed by atoms with Gasteiger partial charge in [-0.25, -0.2) is 0 Å². The van der Waals surface area contributed by atoms with E-state index in [0.717, 1.165) is 17.8 Å². The summed E-state index contributed by atoms with van der Waals surface area (Å²) in [5.74, 6) is 0.282. The quantitative estimate of drug-likeness (QED) is 0.698. The highest BCUT2D eigenvalue weighted by molar-refractivity contribution is 7.14. The van der Waals surface area contributed by atoms with E-state index in [1.54, 1.807) is 11.3 Å². The van der Waals surface area contributed by atoms with E-state index >= 15 is 0 Å². The van der Waals surface area contributed by atoms with Gasteiger partial charge < -0.3 is 4.90 Å². The van der Waals surface area contributed by atoms with Crippen molar-refractivity contribution in [2.75, 3.05) is 20.6 Å². The van der Waals surface area contributed by atoms with Crippen molar-refractivity contribution in [3.05, 3.63) is 21.9 Å². The lowest BCUT2D eigenvalue weighted by Crippen LogP contribution is -2.14. The number of carbonyl (C=O) groups is 1. The van der Waals surface area contributed by atoms with E-state index in [1.165, 1.54) is 4.88 Å². The predicted molar refractivity (Wildman–Crippen MR) is 61.2 cm³/mol. The van der Waals surface area contributed by atoms with Gasteiger partial charge in [0.2, 0.25) is 0 Å². The van der Waals surface area contributed by atoms with Gasteiger partial charge in [0.1, 0.15) is 0 Å². The van der Waals surface area contributed by atoms with Gasteiger partial charge in [-0.3, -0.25) is 4.79 Å². The van der Waals surface area contributed by atoms with E-state index in [1.807, 2.05) is 33.2 Å². The van der Waals surface area contributed by atoms with Crippen molar-refractivity contribution < 1.29 is 4.79 Å². The Bertz CT molecular complexity index is 304. The molecule has 2 nitrogen and oxygen atoms in total. The van der Waals surface area contributed by atoms with Gasteiger partial charge >= 0.3 is 0 Å². The first-order valence-electron chi connectivity index (χ1n) is 4.84. The van der Waals surface area contributed by atoms with E-state index < -0.39 is 0 Å². The zero-order chi connectivity index (χ0) is 10.6. The average molecular weight is 211 g/mol. The van der Waals surface area contributed by atoms with Crippen LogP contribution in [0.3, 0.4) is 0 Å². The molecule has 0 atom stereocenters. The molecule has 1 aromatic heterocycles. The maximum Gasteiger partial charge on any atom is 0.172 e.